The molecule has 2 aromatic carbocycles. The van der Waals surface area contributed by atoms with Crippen molar-refractivity contribution in [3.05, 3.63) is 64.1 Å². The molecular formula is C17H16BrNO3. The third kappa shape index (κ3) is 3.95. The highest BCUT2D eigenvalue weighted by Gasteiger charge is 2.20. The standard InChI is InChI=1S/C17H16BrNO3/c1-19(11-12-4-3-5-15(10-12)22-2)17(21)16(20)13-6-8-14(18)9-7-13/h3-10H,11H2,1-2H3. The van der Waals surface area contributed by atoms with Crippen LogP contribution in [0.4, 0.5) is 0 Å². The molecule has 0 spiro atoms. The van der Waals surface area contributed by atoms with E-state index in [1.54, 1.807) is 38.4 Å². The highest BCUT2D eigenvalue weighted by atomic mass is 79.9. The van der Waals surface area contributed by atoms with Gasteiger partial charge in [0.2, 0.25) is 5.78 Å². The van der Waals surface area contributed by atoms with Gasteiger partial charge in [-0.25, -0.2) is 0 Å². The van der Waals surface area contributed by atoms with Crippen molar-refractivity contribution >= 4 is 27.6 Å². The summed E-state index contributed by atoms with van der Waals surface area (Å²) in [5.74, 6) is -0.333. The summed E-state index contributed by atoms with van der Waals surface area (Å²) in [7, 11) is 3.20. The molecule has 0 heterocycles. The van der Waals surface area contributed by atoms with Gasteiger partial charge in [-0.05, 0) is 42.0 Å². The summed E-state index contributed by atoms with van der Waals surface area (Å²) < 4.78 is 6.01. The smallest absolute Gasteiger partial charge is 0.294 e. The van der Waals surface area contributed by atoms with E-state index >= 15 is 0 Å². The maximum absolute atomic E-state index is 12.2. The van der Waals surface area contributed by atoms with Crippen LogP contribution in [0.25, 0.3) is 0 Å². The molecule has 22 heavy (non-hydrogen) atoms. The number of amides is 1. The molecule has 0 bridgehead atoms. The highest BCUT2D eigenvalue weighted by Crippen LogP contribution is 2.15. The van der Waals surface area contributed by atoms with E-state index in [1.165, 1.54) is 4.90 Å². The van der Waals surface area contributed by atoms with Crippen LogP contribution >= 0.6 is 15.9 Å². The predicted octanol–water partition coefficient (Wildman–Crippen LogP) is 3.30. The van der Waals surface area contributed by atoms with Crippen molar-refractivity contribution in [3.63, 3.8) is 0 Å². The first-order chi connectivity index (χ1) is 10.5. The van der Waals surface area contributed by atoms with Gasteiger partial charge in [0.25, 0.3) is 5.91 Å². The van der Waals surface area contributed by atoms with Gasteiger partial charge in [-0.3, -0.25) is 9.59 Å². The summed E-state index contributed by atoms with van der Waals surface area (Å²) in [6.45, 7) is 0.346. The Bertz CT molecular complexity index is 683. The summed E-state index contributed by atoms with van der Waals surface area (Å²) in [6.07, 6.45) is 0. The second kappa shape index (κ2) is 7.22. The van der Waals surface area contributed by atoms with Crippen molar-refractivity contribution in [2.75, 3.05) is 14.2 Å². The predicted molar refractivity (Wildman–Crippen MR) is 87.9 cm³/mol. The first-order valence-electron chi connectivity index (χ1n) is 6.69. The van der Waals surface area contributed by atoms with E-state index in [-0.39, 0.29) is 0 Å². The fourth-order valence-electron chi connectivity index (χ4n) is 2.01. The molecule has 2 aromatic rings. The Morgan fingerprint density at radius 2 is 1.82 bits per heavy atom. The Hall–Kier alpha value is -2.14. The van der Waals surface area contributed by atoms with Crippen LogP contribution in [-0.4, -0.2) is 30.7 Å². The van der Waals surface area contributed by atoms with Crippen molar-refractivity contribution in [1.29, 1.82) is 0 Å². The van der Waals surface area contributed by atoms with E-state index in [0.717, 1.165) is 15.8 Å². The summed E-state index contributed by atoms with van der Waals surface area (Å²) in [5.41, 5.74) is 1.28. The second-order valence-electron chi connectivity index (χ2n) is 4.85. The van der Waals surface area contributed by atoms with Gasteiger partial charge < -0.3 is 9.64 Å². The number of likely N-dealkylation sites (N-methyl/N-ethyl adjacent to an activating group) is 1. The van der Waals surface area contributed by atoms with Gasteiger partial charge in [-0.2, -0.15) is 0 Å². The maximum Gasteiger partial charge on any atom is 0.294 e. The third-order valence-electron chi connectivity index (χ3n) is 3.20. The lowest BCUT2D eigenvalue weighted by Gasteiger charge is -2.16. The van der Waals surface area contributed by atoms with Crippen LogP contribution in [0.5, 0.6) is 5.75 Å². The van der Waals surface area contributed by atoms with Gasteiger partial charge in [0, 0.05) is 23.6 Å². The average Bonchev–Trinajstić information content (AvgIpc) is 2.54. The SMILES string of the molecule is COc1cccc(CN(C)C(=O)C(=O)c2ccc(Br)cc2)c1. The van der Waals surface area contributed by atoms with Gasteiger partial charge in [0.05, 0.1) is 7.11 Å². The number of rotatable bonds is 5. The molecule has 0 N–H and O–H groups in total. The first kappa shape index (κ1) is 16.2. The lowest BCUT2D eigenvalue weighted by molar-refractivity contribution is -0.125. The van der Waals surface area contributed by atoms with E-state index in [1.807, 2.05) is 24.3 Å². The number of nitrogens with zero attached hydrogens (tertiary/aromatic N) is 1. The number of ketones is 1. The molecule has 0 aromatic heterocycles. The summed E-state index contributed by atoms with van der Waals surface area (Å²) in [5, 5.41) is 0. The van der Waals surface area contributed by atoms with Crippen molar-refractivity contribution < 1.29 is 14.3 Å². The first-order valence-corrected chi connectivity index (χ1v) is 7.49. The van der Waals surface area contributed by atoms with Crippen LogP contribution in [-0.2, 0) is 11.3 Å². The van der Waals surface area contributed by atoms with E-state index in [9.17, 15) is 9.59 Å². The minimum Gasteiger partial charge on any atom is -0.497 e. The lowest BCUT2D eigenvalue weighted by atomic mass is 10.1. The Kier molecular flexibility index (Phi) is 5.33. The third-order valence-corrected chi connectivity index (χ3v) is 3.73. The van der Waals surface area contributed by atoms with E-state index in [0.29, 0.717) is 12.1 Å². The van der Waals surface area contributed by atoms with Crippen LogP contribution in [0.15, 0.2) is 53.0 Å². The van der Waals surface area contributed by atoms with Gasteiger partial charge >= 0.3 is 0 Å². The number of hydrogen-bond acceptors (Lipinski definition) is 3. The zero-order valence-corrected chi connectivity index (χ0v) is 14.0. The molecule has 2 rings (SSSR count). The molecule has 0 aliphatic carbocycles. The molecule has 1 amide bonds. The summed E-state index contributed by atoms with van der Waals surface area (Å²) >= 11 is 3.30. The van der Waals surface area contributed by atoms with Gasteiger partial charge in [0.15, 0.2) is 0 Å². The average molecular weight is 362 g/mol. The van der Waals surface area contributed by atoms with Crippen LogP contribution < -0.4 is 4.74 Å². The number of carbonyl (C=O) groups is 2. The molecule has 0 saturated heterocycles. The number of carbonyl (C=O) groups excluding carboxylic acids is 2. The van der Waals surface area contributed by atoms with Gasteiger partial charge in [-0.1, -0.05) is 28.1 Å². The van der Waals surface area contributed by atoms with E-state index in [2.05, 4.69) is 15.9 Å². The molecule has 5 heteroatoms. The summed E-state index contributed by atoms with van der Waals surface area (Å²) in [4.78, 5) is 25.8. The molecule has 0 radical (unpaired) electrons. The van der Waals surface area contributed by atoms with E-state index in [4.69, 9.17) is 4.74 Å². The highest BCUT2D eigenvalue weighted by molar-refractivity contribution is 9.10. The monoisotopic (exact) mass is 361 g/mol. The fourth-order valence-corrected chi connectivity index (χ4v) is 2.28. The Morgan fingerprint density at radius 1 is 1.14 bits per heavy atom. The number of benzene rings is 2. The molecule has 0 saturated carbocycles. The zero-order chi connectivity index (χ0) is 16.1. The quantitative estimate of drug-likeness (QED) is 0.606. The Balaban J connectivity index is 2.08. The molecule has 0 aliphatic heterocycles. The molecule has 4 nitrogen and oxygen atoms in total. The molecular weight excluding hydrogens is 346 g/mol. The topological polar surface area (TPSA) is 46.6 Å². The molecule has 0 atom stereocenters. The zero-order valence-electron chi connectivity index (χ0n) is 12.4. The number of hydrogen-bond donors (Lipinski definition) is 0. The van der Waals surface area contributed by atoms with Crippen LogP contribution in [0.2, 0.25) is 0 Å². The minimum absolute atomic E-state index is 0.346. The van der Waals surface area contributed by atoms with Crippen molar-refractivity contribution in [2.45, 2.75) is 6.54 Å². The van der Waals surface area contributed by atoms with Crippen molar-refractivity contribution in [2.24, 2.45) is 0 Å². The summed E-state index contributed by atoms with van der Waals surface area (Å²) in [6, 6.07) is 14.1. The number of halogens is 1. The Morgan fingerprint density at radius 3 is 2.45 bits per heavy atom. The van der Waals surface area contributed by atoms with Crippen LogP contribution in [0.1, 0.15) is 15.9 Å². The normalized spacial score (nSPS) is 10.1. The fraction of sp³-hybridized carbons (Fsp3) is 0.176. The number of methoxy groups -OCH3 is 1. The molecule has 0 unspecified atom stereocenters. The van der Waals surface area contributed by atoms with Gasteiger partial charge in [0.1, 0.15) is 5.75 Å². The Labute approximate surface area is 137 Å². The van der Waals surface area contributed by atoms with E-state index < -0.39 is 11.7 Å². The molecule has 0 aliphatic rings. The largest absolute Gasteiger partial charge is 0.497 e. The molecule has 0 fully saturated rings. The maximum atomic E-state index is 12.2. The van der Waals surface area contributed by atoms with Crippen molar-refractivity contribution in [3.8, 4) is 5.75 Å². The van der Waals surface area contributed by atoms with Crippen LogP contribution in [0.3, 0.4) is 0 Å². The van der Waals surface area contributed by atoms with Crippen molar-refractivity contribution in [1.82, 2.24) is 4.90 Å². The second-order valence-corrected chi connectivity index (χ2v) is 5.76. The molecule has 114 valence electrons. The lowest BCUT2D eigenvalue weighted by Crippen LogP contribution is -2.32. The number of Topliss-reactive ketones (excluding diaryl/α,β-unsaturated/α-hetero) is 1. The van der Waals surface area contributed by atoms with Crippen LogP contribution in [0, 0.1) is 0 Å². The van der Waals surface area contributed by atoms with Gasteiger partial charge in [-0.15, -0.1) is 0 Å². The minimum atomic E-state index is -0.537. The number of ether oxygens (including phenoxy) is 1.